The lowest BCUT2D eigenvalue weighted by Crippen LogP contribution is -2.48. The molecule has 5 heteroatoms. The van der Waals surface area contributed by atoms with Gasteiger partial charge < -0.3 is 20.2 Å². The number of urea groups is 1. The summed E-state index contributed by atoms with van der Waals surface area (Å²) in [5, 5.41) is 12.6. The Morgan fingerprint density at radius 2 is 2.00 bits per heavy atom. The van der Waals surface area contributed by atoms with Gasteiger partial charge in [-0.3, -0.25) is 0 Å². The molecule has 2 atom stereocenters. The molecule has 116 valence electrons. The van der Waals surface area contributed by atoms with Crippen LogP contribution in [0.1, 0.15) is 45.4 Å². The molecule has 0 unspecified atom stereocenters. The van der Waals surface area contributed by atoms with Gasteiger partial charge in [-0.2, -0.15) is 0 Å². The number of likely N-dealkylation sites (tertiary alicyclic amines) is 2. The molecule has 2 fully saturated rings. The maximum atomic E-state index is 12.0. The van der Waals surface area contributed by atoms with Crippen LogP contribution < -0.4 is 5.32 Å². The zero-order valence-electron chi connectivity index (χ0n) is 12.7. The zero-order chi connectivity index (χ0) is 14.4. The third-order valence-corrected chi connectivity index (χ3v) is 4.54. The van der Waals surface area contributed by atoms with Crippen molar-refractivity contribution in [2.24, 2.45) is 0 Å². The van der Waals surface area contributed by atoms with Crippen molar-refractivity contribution in [3.05, 3.63) is 0 Å². The number of β-amino-alcohol motifs (C(OH)–C–C–N with tert-alkyl or cyclic N) is 1. The highest BCUT2D eigenvalue weighted by Gasteiger charge is 2.22. The number of amides is 2. The van der Waals surface area contributed by atoms with E-state index in [2.05, 4.69) is 17.1 Å². The van der Waals surface area contributed by atoms with E-state index in [1.165, 1.54) is 32.4 Å². The predicted molar refractivity (Wildman–Crippen MR) is 79.7 cm³/mol. The number of piperidine rings is 2. The van der Waals surface area contributed by atoms with Crippen LogP contribution in [0.25, 0.3) is 0 Å². The molecule has 2 heterocycles. The molecule has 2 amide bonds. The number of carbonyl (C=O) groups excluding carboxylic acids is 1. The first-order valence-electron chi connectivity index (χ1n) is 8.11. The van der Waals surface area contributed by atoms with Gasteiger partial charge in [0, 0.05) is 25.7 Å². The van der Waals surface area contributed by atoms with E-state index in [0.717, 1.165) is 32.4 Å². The first-order valence-corrected chi connectivity index (χ1v) is 8.11. The fourth-order valence-electron chi connectivity index (χ4n) is 3.18. The molecule has 0 aromatic heterocycles. The third kappa shape index (κ3) is 4.63. The van der Waals surface area contributed by atoms with Crippen LogP contribution >= 0.6 is 0 Å². The van der Waals surface area contributed by atoms with Crippen molar-refractivity contribution in [1.29, 1.82) is 0 Å². The van der Waals surface area contributed by atoms with Gasteiger partial charge in [-0.1, -0.05) is 6.42 Å². The second kappa shape index (κ2) is 7.84. The van der Waals surface area contributed by atoms with Crippen LogP contribution in [0.2, 0.25) is 0 Å². The number of hydrogen-bond donors (Lipinski definition) is 2. The summed E-state index contributed by atoms with van der Waals surface area (Å²) in [6, 6.07) is 0.525. The number of rotatable bonds is 4. The SMILES string of the molecule is C[C@H](CCNC(=O)N1CCC[C@@H](O)C1)N1CCCCC1. The summed E-state index contributed by atoms with van der Waals surface area (Å²) in [7, 11) is 0. The summed E-state index contributed by atoms with van der Waals surface area (Å²) in [6.07, 6.45) is 6.35. The van der Waals surface area contributed by atoms with Gasteiger partial charge in [0.1, 0.15) is 0 Å². The lowest BCUT2D eigenvalue weighted by atomic mass is 10.1. The van der Waals surface area contributed by atoms with Gasteiger partial charge in [0.2, 0.25) is 0 Å². The molecular weight excluding hydrogens is 254 g/mol. The molecule has 0 radical (unpaired) electrons. The zero-order valence-corrected chi connectivity index (χ0v) is 12.7. The van der Waals surface area contributed by atoms with Gasteiger partial charge in [0.25, 0.3) is 0 Å². The third-order valence-electron chi connectivity index (χ3n) is 4.54. The van der Waals surface area contributed by atoms with E-state index in [4.69, 9.17) is 0 Å². The molecule has 0 spiro atoms. The second-order valence-electron chi connectivity index (χ2n) is 6.21. The number of nitrogens with one attached hydrogen (secondary N) is 1. The quantitative estimate of drug-likeness (QED) is 0.820. The van der Waals surface area contributed by atoms with Gasteiger partial charge in [0.15, 0.2) is 0 Å². The minimum absolute atomic E-state index is 0.0189. The molecule has 0 aliphatic carbocycles. The lowest BCUT2D eigenvalue weighted by Gasteiger charge is -2.33. The summed E-state index contributed by atoms with van der Waals surface area (Å²) >= 11 is 0. The van der Waals surface area contributed by atoms with Crippen molar-refractivity contribution in [2.45, 2.75) is 57.6 Å². The normalized spacial score (nSPS) is 26.3. The maximum Gasteiger partial charge on any atom is 0.317 e. The minimum atomic E-state index is -0.346. The Bertz CT molecular complexity index is 305. The first kappa shape index (κ1) is 15.6. The molecule has 2 aliphatic rings. The molecule has 2 aliphatic heterocycles. The summed E-state index contributed by atoms with van der Waals surface area (Å²) < 4.78 is 0. The summed E-state index contributed by atoms with van der Waals surface area (Å²) in [5.41, 5.74) is 0. The summed E-state index contributed by atoms with van der Waals surface area (Å²) in [4.78, 5) is 16.3. The largest absolute Gasteiger partial charge is 0.391 e. The Hall–Kier alpha value is -0.810. The summed E-state index contributed by atoms with van der Waals surface area (Å²) in [6.45, 7) is 6.63. The van der Waals surface area contributed by atoms with Gasteiger partial charge in [-0.05, 0) is 52.1 Å². The number of hydrogen-bond acceptors (Lipinski definition) is 3. The highest BCUT2D eigenvalue weighted by atomic mass is 16.3. The van der Waals surface area contributed by atoms with Crippen molar-refractivity contribution >= 4 is 6.03 Å². The summed E-state index contributed by atoms with van der Waals surface area (Å²) in [5.74, 6) is 0. The van der Waals surface area contributed by atoms with Gasteiger partial charge in [-0.15, -0.1) is 0 Å². The first-order chi connectivity index (χ1) is 9.66. The molecule has 2 N–H and O–H groups in total. The molecule has 0 aromatic rings. The maximum absolute atomic E-state index is 12.0. The van der Waals surface area contributed by atoms with E-state index in [1.54, 1.807) is 4.90 Å². The monoisotopic (exact) mass is 283 g/mol. The molecule has 20 heavy (non-hydrogen) atoms. The smallest absolute Gasteiger partial charge is 0.317 e. The van der Waals surface area contributed by atoms with Crippen LogP contribution in [0.4, 0.5) is 4.79 Å². The molecule has 0 bridgehead atoms. The van der Waals surface area contributed by atoms with Crippen LogP contribution in [-0.2, 0) is 0 Å². The standard InChI is InChI=1S/C15H29N3O2/c1-13(17-9-3-2-4-10-17)7-8-16-15(20)18-11-5-6-14(19)12-18/h13-14,19H,2-12H2,1H3,(H,16,20)/t13-,14-/m1/s1. The van der Waals surface area contributed by atoms with Crippen molar-refractivity contribution in [2.75, 3.05) is 32.7 Å². The van der Waals surface area contributed by atoms with E-state index < -0.39 is 0 Å². The van der Waals surface area contributed by atoms with Crippen LogP contribution in [0.15, 0.2) is 0 Å². The minimum Gasteiger partial charge on any atom is -0.391 e. The van der Waals surface area contributed by atoms with Crippen LogP contribution in [0.3, 0.4) is 0 Å². The number of nitrogens with zero attached hydrogens (tertiary/aromatic N) is 2. The topological polar surface area (TPSA) is 55.8 Å². The van der Waals surface area contributed by atoms with Crippen LogP contribution in [-0.4, -0.2) is 65.8 Å². The lowest BCUT2D eigenvalue weighted by molar-refractivity contribution is 0.0839. The molecule has 0 saturated carbocycles. The molecule has 0 aromatic carbocycles. The Labute approximate surface area is 122 Å². The van der Waals surface area contributed by atoms with Crippen molar-refractivity contribution < 1.29 is 9.90 Å². The van der Waals surface area contributed by atoms with E-state index in [-0.39, 0.29) is 12.1 Å². The van der Waals surface area contributed by atoms with Gasteiger partial charge >= 0.3 is 6.03 Å². The van der Waals surface area contributed by atoms with Gasteiger partial charge in [0.05, 0.1) is 6.10 Å². The second-order valence-corrected chi connectivity index (χ2v) is 6.21. The highest BCUT2D eigenvalue weighted by molar-refractivity contribution is 5.74. The van der Waals surface area contributed by atoms with Crippen LogP contribution in [0, 0.1) is 0 Å². The van der Waals surface area contributed by atoms with Crippen molar-refractivity contribution in [1.82, 2.24) is 15.1 Å². The predicted octanol–water partition coefficient (Wildman–Crippen LogP) is 1.42. The Morgan fingerprint density at radius 1 is 1.25 bits per heavy atom. The molecule has 2 rings (SSSR count). The average molecular weight is 283 g/mol. The Kier molecular flexibility index (Phi) is 6.10. The highest BCUT2D eigenvalue weighted by Crippen LogP contribution is 2.14. The average Bonchev–Trinajstić information content (AvgIpc) is 2.48. The van der Waals surface area contributed by atoms with Crippen molar-refractivity contribution in [3.63, 3.8) is 0 Å². The fourth-order valence-corrected chi connectivity index (χ4v) is 3.18. The molecule has 2 saturated heterocycles. The van der Waals surface area contributed by atoms with Crippen LogP contribution in [0.5, 0.6) is 0 Å². The Morgan fingerprint density at radius 3 is 2.70 bits per heavy atom. The van der Waals surface area contributed by atoms with Gasteiger partial charge in [-0.25, -0.2) is 4.79 Å². The van der Waals surface area contributed by atoms with E-state index >= 15 is 0 Å². The van der Waals surface area contributed by atoms with E-state index in [1.807, 2.05) is 0 Å². The molecule has 5 nitrogen and oxygen atoms in total. The van der Waals surface area contributed by atoms with Crippen molar-refractivity contribution in [3.8, 4) is 0 Å². The van der Waals surface area contributed by atoms with E-state index in [9.17, 15) is 9.90 Å². The number of carbonyl (C=O) groups is 1. The molecular formula is C15H29N3O2. The number of aliphatic hydroxyl groups is 1. The number of aliphatic hydroxyl groups excluding tert-OH is 1. The Balaban J connectivity index is 1.63. The fraction of sp³-hybridized carbons (Fsp3) is 0.933. The van der Waals surface area contributed by atoms with E-state index in [0.29, 0.717) is 12.6 Å².